The summed E-state index contributed by atoms with van der Waals surface area (Å²) in [6, 6.07) is 18.0. The van der Waals surface area contributed by atoms with E-state index in [2.05, 4.69) is 0 Å². The van der Waals surface area contributed by atoms with Crippen molar-refractivity contribution in [1.29, 1.82) is 0 Å². The molecule has 0 saturated carbocycles. The van der Waals surface area contributed by atoms with Crippen molar-refractivity contribution >= 4 is 40.1 Å². The minimum absolute atomic E-state index is 0.218. The zero-order chi connectivity index (χ0) is 19.7. The first-order valence-electron chi connectivity index (χ1n) is 8.31. The Morgan fingerprint density at radius 3 is 2.39 bits per heavy atom. The highest BCUT2D eigenvalue weighted by Gasteiger charge is 2.14. The van der Waals surface area contributed by atoms with Crippen LogP contribution in [0.15, 0.2) is 82.2 Å². The van der Waals surface area contributed by atoms with Gasteiger partial charge in [0.25, 0.3) is 0 Å². The largest absolute Gasteiger partial charge is 0.463 e. The predicted molar refractivity (Wildman–Crippen MR) is 109 cm³/mol. The molecule has 0 amide bonds. The van der Waals surface area contributed by atoms with E-state index in [1.807, 2.05) is 0 Å². The first kappa shape index (κ1) is 18.3. The van der Waals surface area contributed by atoms with Crippen molar-refractivity contribution in [1.82, 2.24) is 0 Å². The Bertz CT molecular complexity index is 1240. The Labute approximate surface area is 169 Å². The molecule has 0 aliphatic carbocycles. The molecule has 138 valence electrons. The van der Waals surface area contributed by atoms with Crippen LogP contribution in [0.1, 0.15) is 10.4 Å². The summed E-state index contributed by atoms with van der Waals surface area (Å²) < 4.78 is 11.0. The van der Waals surface area contributed by atoms with E-state index in [1.165, 1.54) is 12.3 Å². The zero-order valence-corrected chi connectivity index (χ0v) is 15.8. The molecular formula is C22H12Cl2O4. The summed E-state index contributed by atoms with van der Waals surface area (Å²) in [7, 11) is 0. The van der Waals surface area contributed by atoms with E-state index in [4.69, 9.17) is 32.4 Å². The van der Waals surface area contributed by atoms with Crippen molar-refractivity contribution in [3.63, 3.8) is 0 Å². The van der Waals surface area contributed by atoms with Gasteiger partial charge < -0.3 is 9.15 Å². The van der Waals surface area contributed by atoms with Gasteiger partial charge in [0.2, 0.25) is 5.43 Å². The molecule has 28 heavy (non-hydrogen) atoms. The van der Waals surface area contributed by atoms with Gasteiger partial charge in [0.15, 0.2) is 0 Å². The van der Waals surface area contributed by atoms with Crippen molar-refractivity contribution < 1.29 is 13.9 Å². The summed E-state index contributed by atoms with van der Waals surface area (Å²) in [4.78, 5) is 25.1. The number of ether oxygens (including phenoxy) is 1. The lowest BCUT2D eigenvalue weighted by atomic mass is 10.1. The van der Waals surface area contributed by atoms with Gasteiger partial charge in [-0.25, -0.2) is 4.79 Å². The van der Waals surface area contributed by atoms with Gasteiger partial charge in [-0.2, -0.15) is 0 Å². The summed E-state index contributed by atoms with van der Waals surface area (Å²) in [6.45, 7) is 0. The summed E-state index contributed by atoms with van der Waals surface area (Å²) in [5.41, 5.74) is 1.41. The van der Waals surface area contributed by atoms with Crippen LogP contribution in [0.4, 0.5) is 0 Å². The minimum Gasteiger partial charge on any atom is -0.463 e. The minimum atomic E-state index is -0.536. The molecule has 0 fully saturated rings. The molecule has 0 spiro atoms. The summed E-state index contributed by atoms with van der Waals surface area (Å²) in [5, 5.41) is 1.35. The highest BCUT2D eigenvalue weighted by Crippen LogP contribution is 2.28. The van der Waals surface area contributed by atoms with Crippen LogP contribution in [0, 0.1) is 0 Å². The molecule has 0 aliphatic heterocycles. The fourth-order valence-electron chi connectivity index (χ4n) is 2.79. The van der Waals surface area contributed by atoms with E-state index in [0.717, 1.165) is 0 Å². The number of hydrogen-bond donors (Lipinski definition) is 0. The Morgan fingerprint density at radius 1 is 0.893 bits per heavy atom. The normalized spacial score (nSPS) is 10.8. The molecule has 4 aromatic rings. The average molecular weight is 411 g/mol. The van der Waals surface area contributed by atoms with Crippen LogP contribution in [0.5, 0.6) is 5.75 Å². The van der Waals surface area contributed by atoms with E-state index in [-0.39, 0.29) is 11.2 Å². The number of carbonyl (C=O) groups excluding carboxylic acids is 1. The first-order valence-corrected chi connectivity index (χ1v) is 9.07. The van der Waals surface area contributed by atoms with Gasteiger partial charge in [-0.15, -0.1) is 0 Å². The fourth-order valence-corrected chi connectivity index (χ4v) is 3.15. The third-order valence-electron chi connectivity index (χ3n) is 4.20. The van der Waals surface area contributed by atoms with Gasteiger partial charge >= 0.3 is 5.97 Å². The summed E-state index contributed by atoms with van der Waals surface area (Å²) in [6.07, 6.45) is 1.36. The van der Waals surface area contributed by atoms with Crippen molar-refractivity contribution in [3.05, 3.63) is 98.8 Å². The number of fused-ring (bicyclic) bond motifs is 1. The smallest absolute Gasteiger partial charge is 0.343 e. The first-order chi connectivity index (χ1) is 13.5. The van der Waals surface area contributed by atoms with Crippen LogP contribution in [0.3, 0.4) is 0 Å². The third kappa shape index (κ3) is 3.52. The molecule has 1 aromatic heterocycles. The molecular weight excluding hydrogens is 399 g/mol. The Balaban J connectivity index is 1.68. The van der Waals surface area contributed by atoms with Crippen molar-refractivity contribution in [2.24, 2.45) is 0 Å². The highest BCUT2D eigenvalue weighted by molar-refractivity contribution is 6.33. The summed E-state index contributed by atoms with van der Waals surface area (Å²) in [5.74, 6) is -0.271. The number of esters is 1. The molecule has 6 heteroatoms. The Kier molecular flexibility index (Phi) is 4.90. The van der Waals surface area contributed by atoms with E-state index in [1.54, 1.807) is 60.7 Å². The van der Waals surface area contributed by atoms with Gasteiger partial charge in [0, 0.05) is 21.7 Å². The van der Waals surface area contributed by atoms with Crippen LogP contribution in [0.2, 0.25) is 10.0 Å². The lowest BCUT2D eigenvalue weighted by Gasteiger charge is -2.07. The van der Waals surface area contributed by atoms with Crippen LogP contribution in [0.25, 0.3) is 22.1 Å². The lowest BCUT2D eigenvalue weighted by molar-refractivity contribution is 0.0735. The molecule has 0 radical (unpaired) electrons. The van der Waals surface area contributed by atoms with E-state index in [0.29, 0.717) is 37.7 Å². The number of carbonyl (C=O) groups is 1. The van der Waals surface area contributed by atoms with Gasteiger partial charge in [0.05, 0.1) is 16.5 Å². The molecule has 0 saturated heterocycles. The summed E-state index contributed by atoms with van der Waals surface area (Å²) >= 11 is 12.0. The maximum Gasteiger partial charge on any atom is 0.343 e. The van der Waals surface area contributed by atoms with Crippen molar-refractivity contribution in [3.8, 4) is 16.9 Å². The number of rotatable bonds is 3. The quantitative estimate of drug-likeness (QED) is 0.307. The SMILES string of the molecule is O=C(Oc1ccc2c(=O)c(-c3ccccc3Cl)coc2c1)c1ccc(Cl)cc1. The molecule has 0 bridgehead atoms. The topological polar surface area (TPSA) is 56.5 Å². The molecule has 0 unspecified atom stereocenters. The highest BCUT2D eigenvalue weighted by atomic mass is 35.5. The van der Waals surface area contributed by atoms with E-state index >= 15 is 0 Å². The molecule has 0 aliphatic rings. The number of benzene rings is 3. The van der Waals surface area contributed by atoms with E-state index < -0.39 is 5.97 Å². The third-order valence-corrected chi connectivity index (χ3v) is 4.78. The second-order valence-corrected chi connectivity index (χ2v) is 6.86. The molecule has 4 rings (SSSR count). The molecule has 4 nitrogen and oxygen atoms in total. The molecule has 0 atom stereocenters. The fraction of sp³-hybridized carbons (Fsp3) is 0. The van der Waals surface area contributed by atoms with Crippen LogP contribution >= 0.6 is 23.2 Å². The molecule has 1 heterocycles. The van der Waals surface area contributed by atoms with Crippen LogP contribution < -0.4 is 10.2 Å². The second-order valence-electron chi connectivity index (χ2n) is 6.01. The van der Waals surface area contributed by atoms with Gasteiger partial charge in [-0.1, -0.05) is 41.4 Å². The maximum absolute atomic E-state index is 12.8. The van der Waals surface area contributed by atoms with E-state index in [9.17, 15) is 9.59 Å². The number of halogens is 2. The van der Waals surface area contributed by atoms with Gasteiger partial charge in [-0.3, -0.25) is 4.79 Å². The van der Waals surface area contributed by atoms with Gasteiger partial charge in [0.1, 0.15) is 17.6 Å². The van der Waals surface area contributed by atoms with Gasteiger partial charge in [-0.05, 0) is 42.5 Å². The standard InChI is InChI=1S/C22H12Cl2O4/c23-14-7-5-13(6-8-14)22(26)28-15-9-10-17-20(11-15)27-12-18(21(17)25)16-3-1-2-4-19(16)24/h1-12H. The average Bonchev–Trinajstić information content (AvgIpc) is 2.69. The molecule has 3 aromatic carbocycles. The van der Waals surface area contributed by atoms with Crippen LogP contribution in [-0.4, -0.2) is 5.97 Å². The molecule has 0 N–H and O–H groups in total. The Morgan fingerprint density at radius 2 is 1.64 bits per heavy atom. The monoisotopic (exact) mass is 410 g/mol. The predicted octanol–water partition coefficient (Wildman–Crippen LogP) is 5.99. The van der Waals surface area contributed by atoms with Crippen molar-refractivity contribution in [2.45, 2.75) is 0 Å². The Hall–Kier alpha value is -3.08. The van der Waals surface area contributed by atoms with Crippen LogP contribution in [-0.2, 0) is 0 Å². The number of hydrogen-bond acceptors (Lipinski definition) is 4. The maximum atomic E-state index is 12.8. The zero-order valence-electron chi connectivity index (χ0n) is 14.3. The van der Waals surface area contributed by atoms with Crippen molar-refractivity contribution in [2.75, 3.05) is 0 Å². The lowest BCUT2D eigenvalue weighted by Crippen LogP contribution is -2.09. The second kappa shape index (κ2) is 7.50.